The maximum atomic E-state index is 12.4. The summed E-state index contributed by atoms with van der Waals surface area (Å²) in [5.74, 6) is -0.362. The van der Waals surface area contributed by atoms with Crippen LogP contribution in [0.25, 0.3) is 0 Å². The fourth-order valence-electron chi connectivity index (χ4n) is 1.04. The van der Waals surface area contributed by atoms with E-state index in [2.05, 4.69) is 10.5 Å². The summed E-state index contributed by atoms with van der Waals surface area (Å²) in [5, 5.41) is 8.47. The Morgan fingerprint density at radius 1 is 1.44 bits per heavy atom. The molecule has 4 nitrogen and oxygen atoms in total. The molecule has 7 heteroatoms. The van der Waals surface area contributed by atoms with E-state index in [1.807, 2.05) is 0 Å². The Morgan fingerprint density at radius 3 is 2.50 bits per heavy atom. The molecule has 0 aromatic heterocycles. The Balaban J connectivity index is 3.23. The summed E-state index contributed by atoms with van der Waals surface area (Å²) >= 11 is 0. The molecule has 16 heavy (non-hydrogen) atoms. The molecule has 1 rings (SSSR count). The van der Waals surface area contributed by atoms with Crippen molar-refractivity contribution in [2.24, 2.45) is 5.73 Å². The number of nitriles is 1. The Bertz CT molecular complexity index is 463. The Labute approximate surface area is 88.0 Å². The van der Waals surface area contributed by atoms with Crippen LogP contribution in [0.2, 0.25) is 0 Å². The van der Waals surface area contributed by atoms with E-state index >= 15 is 0 Å². The summed E-state index contributed by atoms with van der Waals surface area (Å²) in [6.45, 7) is 0. The first kappa shape index (κ1) is 11.8. The summed E-state index contributed by atoms with van der Waals surface area (Å²) in [5.41, 5.74) is 2.92. The van der Waals surface area contributed by atoms with Crippen LogP contribution >= 0.6 is 0 Å². The molecule has 84 valence electrons. The first-order chi connectivity index (χ1) is 7.34. The van der Waals surface area contributed by atoms with E-state index in [-0.39, 0.29) is 5.75 Å². The van der Waals surface area contributed by atoms with Crippen LogP contribution in [-0.2, 0) is 6.18 Å². The predicted octanol–water partition coefficient (Wildman–Crippen LogP) is 2.03. The Kier molecular flexibility index (Phi) is 3.04. The van der Waals surface area contributed by atoms with Crippen molar-refractivity contribution in [2.75, 3.05) is 0 Å². The van der Waals surface area contributed by atoms with Gasteiger partial charge in [0, 0.05) is 0 Å². The SMILES string of the molecule is N#Cc1ccc(OC(N)=O)cc1C(F)(F)F. The normalized spacial score (nSPS) is 10.6. The number of carbonyl (C=O) groups excluding carboxylic acids is 1. The van der Waals surface area contributed by atoms with Crippen molar-refractivity contribution in [2.45, 2.75) is 6.18 Å². The van der Waals surface area contributed by atoms with Crippen LogP contribution in [0, 0.1) is 11.3 Å². The topological polar surface area (TPSA) is 76.1 Å². The maximum absolute atomic E-state index is 12.4. The summed E-state index contributed by atoms with van der Waals surface area (Å²) in [7, 11) is 0. The average molecular weight is 230 g/mol. The summed E-state index contributed by atoms with van der Waals surface area (Å²) in [6.07, 6.45) is -5.92. The highest BCUT2D eigenvalue weighted by Crippen LogP contribution is 2.34. The molecule has 0 atom stereocenters. The number of nitrogens with zero attached hydrogens (tertiary/aromatic N) is 1. The molecule has 0 saturated heterocycles. The van der Waals surface area contributed by atoms with Gasteiger partial charge in [0.15, 0.2) is 0 Å². The standard InChI is InChI=1S/C9H5F3N2O2/c10-9(11,12)7-3-6(16-8(14)15)2-1-5(7)4-13/h1-3H,(H2,14,15). The number of hydrogen-bond acceptors (Lipinski definition) is 3. The van der Waals surface area contributed by atoms with Crippen LogP contribution in [0.4, 0.5) is 18.0 Å². The summed E-state index contributed by atoms with van der Waals surface area (Å²) in [4.78, 5) is 10.3. The third-order valence-corrected chi connectivity index (χ3v) is 1.64. The highest BCUT2D eigenvalue weighted by molar-refractivity contribution is 5.68. The van der Waals surface area contributed by atoms with Crippen molar-refractivity contribution in [3.05, 3.63) is 29.3 Å². The van der Waals surface area contributed by atoms with Gasteiger partial charge in [0.25, 0.3) is 0 Å². The molecule has 0 heterocycles. The molecule has 1 aromatic carbocycles. The Morgan fingerprint density at radius 2 is 2.06 bits per heavy atom. The molecule has 1 amide bonds. The molecule has 0 bridgehead atoms. The van der Waals surface area contributed by atoms with Gasteiger partial charge in [-0.3, -0.25) is 0 Å². The van der Waals surface area contributed by atoms with E-state index in [1.54, 1.807) is 0 Å². The average Bonchev–Trinajstić information content (AvgIpc) is 2.15. The van der Waals surface area contributed by atoms with E-state index in [4.69, 9.17) is 5.26 Å². The van der Waals surface area contributed by atoms with Crippen LogP contribution in [0.3, 0.4) is 0 Å². The maximum Gasteiger partial charge on any atom is 0.417 e. The van der Waals surface area contributed by atoms with Crippen molar-refractivity contribution in [1.29, 1.82) is 5.26 Å². The van der Waals surface area contributed by atoms with Crippen LogP contribution in [-0.4, -0.2) is 6.09 Å². The minimum absolute atomic E-state index is 0.362. The zero-order valence-electron chi connectivity index (χ0n) is 7.71. The van der Waals surface area contributed by atoms with E-state index in [9.17, 15) is 18.0 Å². The first-order valence-electron chi connectivity index (χ1n) is 3.93. The molecular formula is C9H5F3N2O2. The lowest BCUT2D eigenvalue weighted by Crippen LogP contribution is -2.17. The summed E-state index contributed by atoms with van der Waals surface area (Å²) in [6, 6.07) is 3.89. The number of benzene rings is 1. The zero-order valence-corrected chi connectivity index (χ0v) is 7.71. The van der Waals surface area contributed by atoms with Gasteiger partial charge in [0.2, 0.25) is 0 Å². The lowest BCUT2D eigenvalue weighted by atomic mass is 10.1. The number of nitrogens with two attached hydrogens (primary N) is 1. The number of alkyl halides is 3. The van der Waals surface area contributed by atoms with Gasteiger partial charge in [-0.1, -0.05) is 0 Å². The molecule has 1 aromatic rings. The molecular weight excluding hydrogens is 225 g/mol. The van der Waals surface area contributed by atoms with Crippen molar-refractivity contribution in [3.8, 4) is 11.8 Å². The number of carbonyl (C=O) groups is 1. The largest absolute Gasteiger partial charge is 0.417 e. The third-order valence-electron chi connectivity index (χ3n) is 1.64. The molecule has 0 aliphatic carbocycles. The Hall–Kier alpha value is -2.23. The molecule has 0 spiro atoms. The molecule has 0 saturated carbocycles. The molecule has 0 aliphatic heterocycles. The number of rotatable bonds is 1. The lowest BCUT2D eigenvalue weighted by Gasteiger charge is -2.09. The van der Waals surface area contributed by atoms with Gasteiger partial charge >= 0.3 is 12.3 Å². The van der Waals surface area contributed by atoms with Crippen molar-refractivity contribution < 1.29 is 22.7 Å². The number of ether oxygens (including phenoxy) is 1. The fraction of sp³-hybridized carbons (Fsp3) is 0.111. The number of primary amides is 1. The van der Waals surface area contributed by atoms with Gasteiger partial charge < -0.3 is 10.5 Å². The minimum atomic E-state index is -4.69. The van der Waals surface area contributed by atoms with E-state index in [0.717, 1.165) is 12.1 Å². The second-order valence-electron chi connectivity index (χ2n) is 2.74. The van der Waals surface area contributed by atoms with Crippen LogP contribution < -0.4 is 10.5 Å². The van der Waals surface area contributed by atoms with Gasteiger partial charge in [-0.2, -0.15) is 18.4 Å². The van der Waals surface area contributed by atoms with Crippen LogP contribution in [0.15, 0.2) is 18.2 Å². The fourth-order valence-corrected chi connectivity index (χ4v) is 1.04. The van der Waals surface area contributed by atoms with Gasteiger partial charge in [0.05, 0.1) is 17.2 Å². The molecule has 0 unspecified atom stereocenters. The van der Waals surface area contributed by atoms with E-state index in [1.165, 1.54) is 6.07 Å². The second kappa shape index (κ2) is 4.10. The van der Waals surface area contributed by atoms with Crippen LogP contribution in [0.1, 0.15) is 11.1 Å². The van der Waals surface area contributed by atoms with Gasteiger partial charge in [-0.25, -0.2) is 4.79 Å². The smallest absolute Gasteiger partial charge is 0.410 e. The van der Waals surface area contributed by atoms with Gasteiger partial charge in [0.1, 0.15) is 5.75 Å². The molecule has 2 N–H and O–H groups in total. The zero-order chi connectivity index (χ0) is 12.3. The first-order valence-corrected chi connectivity index (χ1v) is 3.93. The van der Waals surface area contributed by atoms with Gasteiger partial charge in [-0.05, 0) is 18.2 Å². The predicted molar refractivity (Wildman–Crippen MR) is 46.4 cm³/mol. The minimum Gasteiger partial charge on any atom is -0.410 e. The van der Waals surface area contributed by atoms with Crippen molar-refractivity contribution in [1.82, 2.24) is 0 Å². The quantitative estimate of drug-likeness (QED) is 0.801. The second-order valence-corrected chi connectivity index (χ2v) is 2.74. The molecule has 0 fully saturated rings. The number of hydrogen-bond donors (Lipinski definition) is 1. The van der Waals surface area contributed by atoms with Crippen molar-refractivity contribution in [3.63, 3.8) is 0 Å². The van der Waals surface area contributed by atoms with Crippen molar-refractivity contribution >= 4 is 6.09 Å². The monoisotopic (exact) mass is 230 g/mol. The number of halogens is 3. The number of amides is 1. The molecule has 0 aliphatic rings. The highest BCUT2D eigenvalue weighted by Gasteiger charge is 2.34. The lowest BCUT2D eigenvalue weighted by molar-refractivity contribution is -0.137. The molecule has 0 radical (unpaired) electrons. The van der Waals surface area contributed by atoms with Gasteiger partial charge in [-0.15, -0.1) is 0 Å². The summed E-state index contributed by atoms with van der Waals surface area (Å²) < 4.78 is 41.6. The van der Waals surface area contributed by atoms with E-state index < -0.39 is 23.4 Å². The van der Waals surface area contributed by atoms with Crippen LogP contribution in [0.5, 0.6) is 5.75 Å². The third kappa shape index (κ3) is 2.63. The highest BCUT2D eigenvalue weighted by atomic mass is 19.4. The van der Waals surface area contributed by atoms with E-state index in [0.29, 0.717) is 6.07 Å².